The summed E-state index contributed by atoms with van der Waals surface area (Å²) >= 11 is 1.51. The van der Waals surface area contributed by atoms with Crippen LogP contribution in [-0.2, 0) is 22.5 Å². The normalized spacial score (nSPS) is 10.8. The number of anilines is 2. The summed E-state index contributed by atoms with van der Waals surface area (Å²) in [5, 5.41) is 0. The number of nitrogens with zero attached hydrogens (tertiary/aromatic N) is 2. The maximum absolute atomic E-state index is 12.8. The molecule has 0 amide bonds. The van der Waals surface area contributed by atoms with Crippen molar-refractivity contribution in [2.75, 3.05) is 18.1 Å². The topological polar surface area (TPSA) is 60.9 Å². The van der Waals surface area contributed by atoms with Gasteiger partial charge in [0, 0.05) is 28.5 Å². The van der Waals surface area contributed by atoms with Crippen LogP contribution in [0.3, 0.4) is 0 Å². The first kappa shape index (κ1) is 23.5. The Morgan fingerprint density at radius 1 is 1.09 bits per heavy atom. The predicted octanol–water partition coefficient (Wildman–Crippen LogP) is 5.59. The molecule has 9 heteroatoms. The van der Waals surface area contributed by atoms with Crippen LogP contribution in [-0.4, -0.2) is 30.8 Å². The van der Waals surface area contributed by atoms with Crippen LogP contribution in [0.15, 0.2) is 54.2 Å². The van der Waals surface area contributed by atoms with E-state index in [0.717, 1.165) is 21.8 Å². The Kier molecular flexibility index (Phi) is 8.38. The molecule has 32 heavy (non-hydrogen) atoms. The van der Waals surface area contributed by atoms with Gasteiger partial charge in [0.05, 0.1) is 31.7 Å². The molecule has 0 radical (unpaired) electrons. The molecule has 0 bridgehead atoms. The highest BCUT2D eigenvalue weighted by molar-refractivity contribution is 7.09. The lowest BCUT2D eigenvalue weighted by atomic mass is 10.1. The van der Waals surface area contributed by atoms with E-state index in [-0.39, 0.29) is 23.9 Å². The second-order valence-electron chi connectivity index (χ2n) is 6.65. The number of hydrogen-bond acceptors (Lipinski definition) is 7. The molecule has 0 saturated heterocycles. The van der Waals surface area contributed by atoms with Crippen molar-refractivity contribution in [1.82, 2.24) is 4.98 Å². The number of alkyl halides is 2. The Morgan fingerprint density at radius 2 is 1.91 bits per heavy atom. The highest BCUT2D eigenvalue weighted by Gasteiger charge is 2.17. The predicted molar refractivity (Wildman–Crippen MR) is 119 cm³/mol. The molecule has 0 spiro atoms. The number of benzene rings is 2. The van der Waals surface area contributed by atoms with E-state index in [1.54, 1.807) is 37.7 Å². The Labute approximate surface area is 189 Å². The van der Waals surface area contributed by atoms with Crippen LogP contribution < -0.4 is 14.4 Å². The third kappa shape index (κ3) is 6.40. The Balaban J connectivity index is 1.98. The van der Waals surface area contributed by atoms with Gasteiger partial charge in [-0.2, -0.15) is 8.78 Å². The number of carbonyl (C=O) groups is 1. The largest absolute Gasteiger partial charge is 0.490 e. The number of thiazole rings is 1. The van der Waals surface area contributed by atoms with E-state index in [9.17, 15) is 13.6 Å². The molecule has 0 atom stereocenters. The Morgan fingerprint density at radius 3 is 2.59 bits per heavy atom. The second-order valence-corrected chi connectivity index (χ2v) is 7.62. The lowest BCUT2D eigenvalue weighted by Crippen LogP contribution is -2.17. The Hall–Kier alpha value is -3.20. The average Bonchev–Trinajstić information content (AvgIpc) is 3.27. The molecule has 0 aliphatic rings. The lowest BCUT2D eigenvalue weighted by molar-refractivity contribution is -0.142. The molecule has 0 aliphatic heterocycles. The quantitative estimate of drug-likeness (QED) is 0.346. The van der Waals surface area contributed by atoms with E-state index in [4.69, 9.17) is 9.47 Å². The number of rotatable bonds is 11. The fraction of sp³-hybridized carbons (Fsp3) is 0.304. The molecule has 6 nitrogen and oxygen atoms in total. The number of carbonyl (C=O) groups excluding carboxylic acids is 1. The highest BCUT2D eigenvalue weighted by atomic mass is 32.1. The summed E-state index contributed by atoms with van der Waals surface area (Å²) in [6.07, 6.45) is 1.93. The molecular formula is C23H24F2N2O4S. The summed E-state index contributed by atoms with van der Waals surface area (Å²) in [7, 11) is 0. The number of hydrogen-bond donors (Lipinski definition) is 0. The molecule has 1 heterocycles. The number of ether oxygens (including phenoxy) is 3. The second kappa shape index (κ2) is 11.4. The molecule has 0 aliphatic carbocycles. The maximum Gasteiger partial charge on any atom is 0.387 e. The minimum Gasteiger partial charge on any atom is -0.490 e. The zero-order chi connectivity index (χ0) is 22.9. The average molecular weight is 463 g/mol. The monoisotopic (exact) mass is 462 g/mol. The van der Waals surface area contributed by atoms with Crippen LogP contribution in [0.2, 0.25) is 0 Å². The smallest absolute Gasteiger partial charge is 0.387 e. The first-order valence-corrected chi connectivity index (χ1v) is 11.0. The van der Waals surface area contributed by atoms with E-state index in [0.29, 0.717) is 19.8 Å². The van der Waals surface area contributed by atoms with Gasteiger partial charge in [-0.1, -0.05) is 12.1 Å². The third-order valence-corrected chi connectivity index (χ3v) is 5.19. The summed E-state index contributed by atoms with van der Waals surface area (Å²) < 4.78 is 40.8. The molecule has 0 fully saturated rings. The lowest BCUT2D eigenvalue weighted by Gasteiger charge is -2.26. The van der Waals surface area contributed by atoms with Crippen LogP contribution in [0.25, 0.3) is 0 Å². The van der Waals surface area contributed by atoms with E-state index >= 15 is 0 Å². The maximum atomic E-state index is 12.8. The molecule has 3 aromatic rings. The van der Waals surface area contributed by atoms with Crippen molar-refractivity contribution in [1.29, 1.82) is 0 Å². The highest BCUT2D eigenvalue weighted by Crippen LogP contribution is 2.37. The minimum absolute atomic E-state index is 0.0283. The van der Waals surface area contributed by atoms with E-state index in [1.165, 1.54) is 17.4 Å². The van der Waals surface area contributed by atoms with Gasteiger partial charge in [0.15, 0.2) is 11.5 Å². The van der Waals surface area contributed by atoms with Crippen molar-refractivity contribution in [3.63, 3.8) is 0 Å². The van der Waals surface area contributed by atoms with Gasteiger partial charge in [-0.15, -0.1) is 11.3 Å². The van der Waals surface area contributed by atoms with Crippen molar-refractivity contribution < 1.29 is 27.8 Å². The Bertz CT molecular complexity index is 1010. The van der Waals surface area contributed by atoms with Gasteiger partial charge in [0.25, 0.3) is 0 Å². The minimum atomic E-state index is -2.95. The first-order valence-electron chi connectivity index (χ1n) is 10.1. The zero-order valence-corrected chi connectivity index (χ0v) is 18.6. The number of halogens is 2. The first-order chi connectivity index (χ1) is 15.5. The summed E-state index contributed by atoms with van der Waals surface area (Å²) in [6.45, 7) is 1.70. The van der Waals surface area contributed by atoms with Gasteiger partial charge in [-0.05, 0) is 43.7 Å². The molecule has 3 rings (SSSR count). The van der Waals surface area contributed by atoms with Gasteiger partial charge >= 0.3 is 12.6 Å². The van der Waals surface area contributed by atoms with Crippen LogP contribution >= 0.6 is 11.3 Å². The summed E-state index contributed by atoms with van der Waals surface area (Å²) in [6, 6.07) is 12.4. The zero-order valence-electron chi connectivity index (χ0n) is 17.8. The number of esters is 1. The van der Waals surface area contributed by atoms with Gasteiger partial charge in [0.2, 0.25) is 0 Å². The van der Waals surface area contributed by atoms with E-state index in [2.05, 4.69) is 9.72 Å². The molecule has 2 aromatic carbocycles. The fourth-order valence-corrected chi connectivity index (χ4v) is 3.73. The van der Waals surface area contributed by atoms with Crippen molar-refractivity contribution in [3.8, 4) is 11.5 Å². The van der Waals surface area contributed by atoms with Gasteiger partial charge in [-0.3, -0.25) is 9.78 Å². The standard InChI is InChI=1S/C23H24F2N2O4S/c1-3-29-21-12-18(8-9-20(21)31-23(24)25)27(14-19-13-26-15-32-19)17-7-5-6-16(10-17)11-22(28)30-4-2/h5-10,12-13,15,23H,3-4,11,14H2,1-2H3. The van der Waals surface area contributed by atoms with Crippen LogP contribution in [0.4, 0.5) is 20.2 Å². The van der Waals surface area contributed by atoms with Gasteiger partial charge in [0.1, 0.15) is 0 Å². The molecule has 0 N–H and O–H groups in total. The fourth-order valence-electron chi connectivity index (χ4n) is 3.15. The summed E-state index contributed by atoms with van der Waals surface area (Å²) in [5.74, 6) is -0.104. The van der Waals surface area contributed by atoms with Crippen molar-refractivity contribution in [2.24, 2.45) is 0 Å². The van der Waals surface area contributed by atoms with Crippen LogP contribution in [0.5, 0.6) is 11.5 Å². The van der Waals surface area contributed by atoms with Gasteiger partial charge in [-0.25, -0.2) is 0 Å². The molecular weight excluding hydrogens is 438 g/mol. The molecule has 1 aromatic heterocycles. The number of aromatic nitrogens is 1. The molecule has 0 saturated carbocycles. The molecule has 0 unspecified atom stereocenters. The van der Waals surface area contributed by atoms with E-state index in [1.807, 2.05) is 29.2 Å². The van der Waals surface area contributed by atoms with Crippen LogP contribution in [0, 0.1) is 0 Å². The van der Waals surface area contributed by atoms with Crippen molar-refractivity contribution in [3.05, 3.63) is 64.6 Å². The molecule has 170 valence electrons. The summed E-state index contributed by atoms with van der Waals surface area (Å²) in [4.78, 5) is 19.1. The third-order valence-electron chi connectivity index (χ3n) is 4.43. The van der Waals surface area contributed by atoms with Crippen molar-refractivity contribution >= 4 is 28.7 Å². The van der Waals surface area contributed by atoms with E-state index < -0.39 is 6.61 Å². The summed E-state index contributed by atoms with van der Waals surface area (Å²) in [5.41, 5.74) is 4.09. The van der Waals surface area contributed by atoms with Crippen molar-refractivity contribution in [2.45, 2.75) is 33.4 Å². The van der Waals surface area contributed by atoms with Gasteiger partial charge < -0.3 is 19.1 Å². The van der Waals surface area contributed by atoms with Crippen LogP contribution in [0.1, 0.15) is 24.3 Å². The SMILES string of the molecule is CCOC(=O)Cc1cccc(N(Cc2cncs2)c2ccc(OC(F)F)c(OCC)c2)c1.